The Morgan fingerprint density at radius 3 is 2.35 bits per heavy atom. The van der Waals surface area contributed by atoms with Crippen molar-refractivity contribution >= 4 is 57.3 Å². The Labute approximate surface area is 242 Å². The Bertz CT molecular complexity index is 1570. The zero-order valence-corrected chi connectivity index (χ0v) is 24.1. The van der Waals surface area contributed by atoms with Crippen molar-refractivity contribution in [1.29, 1.82) is 0 Å². The van der Waals surface area contributed by atoms with Crippen LogP contribution < -0.4 is 15.8 Å². The van der Waals surface area contributed by atoms with Gasteiger partial charge in [-0.3, -0.25) is 9.78 Å². The maximum absolute atomic E-state index is 12.8. The molecule has 2 aromatic heterocycles. The van der Waals surface area contributed by atoms with E-state index in [2.05, 4.69) is 15.2 Å². The van der Waals surface area contributed by atoms with Gasteiger partial charge in [0.2, 0.25) is 0 Å². The minimum absolute atomic E-state index is 0.227. The number of aromatic amines is 1. The van der Waals surface area contributed by atoms with Crippen LogP contribution in [0, 0.1) is 0 Å². The molecule has 40 heavy (non-hydrogen) atoms. The molecule has 0 spiro atoms. The Kier molecular flexibility index (Phi) is 7.92. The summed E-state index contributed by atoms with van der Waals surface area (Å²) in [5, 5.41) is 5.01. The molecule has 0 radical (unpaired) electrons. The molecule has 0 atom stereocenters. The Balaban J connectivity index is 1.33. The van der Waals surface area contributed by atoms with Crippen LogP contribution in [0.3, 0.4) is 0 Å². The lowest BCUT2D eigenvalue weighted by Crippen LogP contribution is -2.50. The molecule has 2 N–H and O–H groups in total. The monoisotopic (exact) mass is 579 g/mol. The van der Waals surface area contributed by atoms with Gasteiger partial charge in [-0.2, -0.15) is 0 Å². The first-order chi connectivity index (χ1) is 19.1. The summed E-state index contributed by atoms with van der Waals surface area (Å²) in [4.78, 5) is 36.6. The van der Waals surface area contributed by atoms with E-state index in [1.54, 1.807) is 35.4 Å². The maximum Gasteiger partial charge on any atom is 0.410 e. The van der Waals surface area contributed by atoms with Crippen LogP contribution in [0.15, 0.2) is 65.6 Å². The number of amides is 1. The fraction of sp³-hybridized carbons (Fsp3) is 0.300. The van der Waals surface area contributed by atoms with Gasteiger partial charge in [-0.05, 0) is 74.9 Å². The highest BCUT2D eigenvalue weighted by Gasteiger charge is 2.26. The molecule has 2 aromatic carbocycles. The van der Waals surface area contributed by atoms with Crippen LogP contribution >= 0.6 is 23.2 Å². The van der Waals surface area contributed by atoms with E-state index in [-0.39, 0.29) is 11.7 Å². The molecule has 0 saturated carbocycles. The summed E-state index contributed by atoms with van der Waals surface area (Å²) in [6.45, 7) is 8.23. The fourth-order valence-electron chi connectivity index (χ4n) is 4.70. The summed E-state index contributed by atoms with van der Waals surface area (Å²) in [7, 11) is 0. The predicted molar refractivity (Wildman–Crippen MR) is 161 cm³/mol. The molecule has 0 unspecified atom stereocenters. The van der Waals surface area contributed by atoms with E-state index in [0.29, 0.717) is 59.2 Å². The van der Waals surface area contributed by atoms with Crippen LogP contribution in [0.4, 0.5) is 21.9 Å². The van der Waals surface area contributed by atoms with Crippen molar-refractivity contribution in [3.63, 3.8) is 0 Å². The first-order valence-corrected chi connectivity index (χ1v) is 13.9. The summed E-state index contributed by atoms with van der Waals surface area (Å²) >= 11 is 12.8. The number of halogens is 2. The van der Waals surface area contributed by atoms with Crippen molar-refractivity contribution < 1.29 is 9.53 Å². The summed E-state index contributed by atoms with van der Waals surface area (Å²) in [6, 6.07) is 17.1. The SMILES string of the molecule is CC(C)(C)OC(=O)N1CCN(c2ccc(Nc3cc(Cc4c(Cl)cccc4Cl)nc4cc[nH]c(=O)c34)cc2)CC1. The molecule has 0 bridgehead atoms. The van der Waals surface area contributed by atoms with Crippen LogP contribution in [-0.2, 0) is 11.2 Å². The number of fused-ring (bicyclic) bond motifs is 1. The molecule has 1 aliphatic rings. The number of hydrogen-bond donors (Lipinski definition) is 2. The smallest absolute Gasteiger partial charge is 0.410 e. The van der Waals surface area contributed by atoms with Crippen LogP contribution in [-0.4, -0.2) is 52.7 Å². The van der Waals surface area contributed by atoms with Gasteiger partial charge in [0.15, 0.2) is 0 Å². The number of piperazine rings is 1. The van der Waals surface area contributed by atoms with Gasteiger partial charge in [0.05, 0.1) is 16.6 Å². The van der Waals surface area contributed by atoms with Gasteiger partial charge < -0.3 is 24.8 Å². The minimum Gasteiger partial charge on any atom is -0.444 e. The number of aromatic nitrogens is 2. The number of carbonyl (C=O) groups excluding carboxylic acids is 1. The second-order valence-electron chi connectivity index (χ2n) is 10.7. The van der Waals surface area contributed by atoms with Crippen LogP contribution in [0.1, 0.15) is 32.0 Å². The van der Waals surface area contributed by atoms with Crippen LogP contribution in [0.5, 0.6) is 0 Å². The van der Waals surface area contributed by atoms with E-state index in [0.717, 1.165) is 22.6 Å². The summed E-state index contributed by atoms with van der Waals surface area (Å²) in [5.41, 5.74) is 3.88. The average Bonchev–Trinajstić information content (AvgIpc) is 2.90. The number of hydrogen-bond acceptors (Lipinski definition) is 6. The first-order valence-electron chi connectivity index (χ1n) is 13.1. The Morgan fingerprint density at radius 1 is 1.02 bits per heavy atom. The number of benzene rings is 2. The van der Waals surface area contributed by atoms with E-state index in [1.165, 1.54) is 0 Å². The number of H-pyrrole nitrogens is 1. The van der Waals surface area contributed by atoms with Crippen LogP contribution in [0.25, 0.3) is 10.9 Å². The third kappa shape index (κ3) is 6.35. The number of carbonyl (C=O) groups is 1. The number of anilines is 3. The third-order valence-corrected chi connectivity index (χ3v) is 7.35. The van der Waals surface area contributed by atoms with Gasteiger partial charge in [0.25, 0.3) is 5.56 Å². The number of nitrogens with one attached hydrogen (secondary N) is 2. The lowest BCUT2D eigenvalue weighted by molar-refractivity contribution is 0.0240. The fourth-order valence-corrected chi connectivity index (χ4v) is 5.23. The minimum atomic E-state index is -0.509. The number of pyridine rings is 2. The summed E-state index contributed by atoms with van der Waals surface area (Å²) in [6.07, 6.45) is 1.73. The Hall–Kier alpha value is -3.75. The number of ether oxygens (including phenoxy) is 1. The largest absolute Gasteiger partial charge is 0.444 e. The van der Waals surface area contributed by atoms with Crippen molar-refractivity contribution in [2.24, 2.45) is 0 Å². The van der Waals surface area contributed by atoms with Gasteiger partial charge in [-0.15, -0.1) is 0 Å². The second-order valence-corrected chi connectivity index (χ2v) is 11.5. The highest BCUT2D eigenvalue weighted by atomic mass is 35.5. The van der Waals surface area contributed by atoms with Crippen molar-refractivity contribution in [2.45, 2.75) is 32.8 Å². The Morgan fingerprint density at radius 2 is 1.70 bits per heavy atom. The van der Waals surface area contributed by atoms with Crippen molar-refractivity contribution in [3.05, 3.63) is 92.5 Å². The average molecular weight is 581 g/mol. The summed E-state index contributed by atoms with van der Waals surface area (Å²) < 4.78 is 5.50. The van der Waals surface area contributed by atoms with Gasteiger partial charge in [0.1, 0.15) is 5.60 Å². The molecule has 1 fully saturated rings. The number of nitrogens with zero attached hydrogens (tertiary/aromatic N) is 3. The van der Waals surface area contributed by atoms with Crippen molar-refractivity contribution in [2.75, 3.05) is 36.4 Å². The molecule has 10 heteroatoms. The molecule has 1 aliphatic heterocycles. The first kappa shape index (κ1) is 27.8. The molecule has 3 heterocycles. The second kappa shape index (κ2) is 11.4. The predicted octanol–water partition coefficient (Wildman–Crippen LogP) is 6.62. The molecule has 0 aliphatic carbocycles. The van der Waals surface area contributed by atoms with Gasteiger partial charge in [-0.25, -0.2) is 4.79 Å². The molecule has 5 rings (SSSR count). The van der Waals surface area contributed by atoms with Crippen LogP contribution in [0.2, 0.25) is 10.0 Å². The molecule has 1 saturated heterocycles. The lowest BCUT2D eigenvalue weighted by Gasteiger charge is -2.36. The molecule has 208 valence electrons. The standard InChI is InChI=1S/C30H31Cl2N5O3/c1-30(2,3)40-29(39)37-15-13-36(14-16-37)21-9-7-19(8-10-21)34-26-18-20(17-22-23(31)5-4-6-24(22)32)35-25-11-12-33-28(38)27(25)26/h4-12,18H,13-17H2,1-3H3,(H,33,38)(H,34,35). The van der Waals surface area contributed by atoms with Gasteiger partial charge in [0, 0.05) is 65.9 Å². The van der Waals surface area contributed by atoms with E-state index >= 15 is 0 Å². The van der Waals surface area contributed by atoms with Gasteiger partial charge in [-0.1, -0.05) is 29.3 Å². The maximum atomic E-state index is 12.8. The normalized spacial score (nSPS) is 13.9. The molecule has 4 aromatic rings. The van der Waals surface area contributed by atoms with Crippen molar-refractivity contribution in [3.8, 4) is 0 Å². The van der Waals surface area contributed by atoms with E-state index in [9.17, 15) is 9.59 Å². The molecule has 8 nitrogen and oxygen atoms in total. The van der Waals surface area contributed by atoms with E-state index in [4.69, 9.17) is 32.9 Å². The van der Waals surface area contributed by atoms with Gasteiger partial charge >= 0.3 is 6.09 Å². The third-order valence-electron chi connectivity index (χ3n) is 6.65. The molecular weight excluding hydrogens is 549 g/mol. The van der Waals surface area contributed by atoms with Crippen molar-refractivity contribution in [1.82, 2.24) is 14.9 Å². The van der Waals surface area contributed by atoms with E-state index in [1.807, 2.05) is 51.1 Å². The topological polar surface area (TPSA) is 90.6 Å². The highest BCUT2D eigenvalue weighted by Crippen LogP contribution is 2.30. The van der Waals surface area contributed by atoms with E-state index < -0.39 is 5.60 Å². The zero-order valence-electron chi connectivity index (χ0n) is 22.6. The lowest BCUT2D eigenvalue weighted by atomic mass is 10.1. The molecular formula is C30H31Cl2N5O3. The summed E-state index contributed by atoms with van der Waals surface area (Å²) in [5.74, 6) is 0. The quantitative estimate of drug-likeness (QED) is 0.276. The number of rotatable bonds is 5. The molecule has 1 amide bonds. The highest BCUT2D eigenvalue weighted by molar-refractivity contribution is 6.36. The zero-order chi connectivity index (χ0) is 28.4.